The molecule has 1 heterocycles. The highest BCUT2D eigenvalue weighted by Gasteiger charge is 2.30. The molecule has 0 amide bonds. The van der Waals surface area contributed by atoms with Crippen LogP contribution in [0, 0.1) is 0 Å². The maximum atomic E-state index is 13.2. The van der Waals surface area contributed by atoms with E-state index in [1.807, 2.05) is 115 Å². The fraction of sp³-hybridized carbons (Fsp3) is 0.111. The molecule has 0 spiro atoms. The number of aliphatic imine (C=N–C) groups is 1. The summed E-state index contributed by atoms with van der Waals surface area (Å²) in [6, 6.07) is 29.9. The standard InChI is InChI=1S/C27H25N3O2/c1-29(2)19-28-26-24(27(31)32-3)23(20-13-7-4-8-14-20)25(21-15-9-5-10-16-21)30(26)22-17-11-6-12-18-22/h4-19H,1-3H3. The number of hydrogen-bond acceptors (Lipinski definition) is 3. The maximum Gasteiger partial charge on any atom is 0.342 e. The second kappa shape index (κ2) is 9.35. The van der Waals surface area contributed by atoms with Gasteiger partial charge in [0, 0.05) is 25.3 Å². The molecule has 5 nitrogen and oxygen atoms in total. The van der Waals surface area contributed by atoms with Gasteiger partial charge in [0.05, 0.1) is 19.1 Å². The molecule has 160 valence electrons. The molecule has 0 aliphatic rings. The minimum absolute atomic E-state index is 0.429. The van der Waals surface area contributed by atoms with E-state index in [1.54, 1.807) is 6.34 Å². The second-order valence-corrected chi connectivity index (χ2v) is 7.52. The average molecular weight is 424 g/mol. The van der Waals surface area contributed by atoms with Gasteiger partial charge in [0.25, 0.3) is 0 Å². The molecule has 4 rings (SSSR count). The third-order valence-corrected chi connectivity index (χ3v) is 5.07. The second-order valence-electron chi connectivity index (χ2n) is 7.52. The number of hydrogen-bond donors (Lipinski definition) is 0. The number of carbonyl (C=O) groups is 1. The van der Waals surface area contributed by atoms with E-state index in [0.29, 0.717) is 11.4 Å². The molecule has 0 aliphatic heterocycles. The molecule has 0 radical (unpaired) electrons. The van der Waals surface area contributed by atoms with Crippen molar-refractivity contribution in [3.63, 3.8) is 0 Å². The summed E-state index contributed by atoms with van der Waals surface area (Å²) in [6.07, 6.45) is 1.70. The number of ether oxygens (including phenoxy) is 1. The molecule has 32 heavy (non-hydrogen) atoms. The van der Waals surface area contributed by atoms with Gasteiger partial charge in [-0.15, -0.1) is 0 Å². The molecule has 0 fully saturated rings. The van der Waals surface area contributed by atoms with Crippen molar-refractivity contribution < 1.29 is 9.53 Å². The molecule has 3 aromatic carbocycles. The number of carbonyl (C=O) groups excluding carboxylic acids is 1. The summed E-state index contributed by atoms with van der Waals surface area (Å²) in [4.78, 5) is 19.8. The van der Waals surface area contributed by atoms with Crippen molar-refractivity contribution in [1.82, 2.24) is 9.47 Å². The SMILES string of the molecule is COC(=O)c1c(-c2ccccc2)c(-c2ccccc2)n(-c2ccccc2)c1N=CN(C)C. The molecule has 4 aromatic rings. The summed E-state index contributed by atoms with van der Waals surface area (Å²) >= 11 is 0. The van der Waals surface area contributed by atoms with Crippen molar-refractivity contribution >= 4 is 18.1 Å². The lowest BCUT2D eigenvalue weighted by atomic mass is 9.97. The summed E-state index contributed by atoms with van der Waals surface area (Å²) in [5.74, 6) is 0.0936. The molecule has 0 aliphatic carbocycles. The van der Waals surface area contributed by atoms with E-state index in [-0.39, 0.29) is 0 Å². The highest BCUT2D eigenvalue weighted by molar-refractivity contribution is 6.07. The molecule has 0 saturated heterocycles. The summed E-state index contributed by atoms with van der Waals surface area (Å²) in [6.45, 7) is 0. The Morgan fingerprint density at radius 2 is 1.38 bits per heavy atom. The first-order chi connectivity index (χ1) is 15.6. The number of rotatable bonds is 6. The summed E-state index contributed by atoms with van der Waals surface area (Å²) < 4.78 is 7.28. The topological polar surface area (TPSA) is 46.8 Å². The zero-order chi connectivity index (χ0) is 22.5. The number of aromatic nitrogens is 1. The van der Waals surface area contributed by atoms with Crippen LogP contribution in [0.25, 0.3) is 28.1 Å². The van der Waals surface area contributed by atoms with E-state index in [1.165, 1.54) is 7.11 Å². The molecule has 1 aromatic heterocycles. The Labute approximate surface area is 188 Å². The Kier molecular flexibility index (Phi) is 6.17. The van der Waals surface area contributed by atoms with Crippen molar-refractivity contribution in [2.24, 2.45) is 4.99 Å². The van der Waals surface area contributed by atoms with Gasteiger partial charge in [-0.05, 0) is 23.3 Å². The normalized spacial score (nSPS) is 11.0. The molecule has 0 N–H and O–H groups in total. The number of methoxy groups -OCH3 is 1. The number of benzene rings is 3. The summed E-state index contributed by atoms with van der Waals surface area (Å²) in [5, 5.41) is 0. The molecule has 5 heteroatoms. The van der Waals surface area contributed by atoms with Crippen LogP contribution in [-0.4, -0.2) is 43.0 Å². The van der Waals surface area contributed by atoms with Gasteiger partial charge in [-0.1, -0.05) is 78.9 Å². The van der Waals surface area contributed by atoms with Gasteiger partial charge in [0.1, 0.15) is 5.56 Å². The highest BCUT2D eigenvalue weighted by Crippen LogP contribution is 2.45. The van der Waals surface area contributed by atoms with Crippen molar-refractivity contribution in [2.45, 2.75) is 0 Å². The summed E-state index contributed by atoms with van der Waals surface area (Å²) in [7, 11) is 5.19. The first-order valence-electron chi connectivity index (χ1n) is 10.4. The van der Waals surface area contributed by atoms with Crippen LogP contribution < -0.4 is 0 Å². The van der Waals surface area contributed by atoms with E-state index in [4.69, 9.17) is 9.73 Å². The van der Waals surface area contributed by atoms with Crippen LogP contribution in [0.3, 0.4) is 0 Å². The van der Waals surface area contributed by atoms with E-state index in [2.05, 4.69) is 0 Å². The molecule has 0 unspecified atom stereocenters. The number of para-hydroxylation sites is 1. The Hall–Kier alpha value is -4.12. The van der Waals surface area contributed by atoms with Crippen LogP contribution in [0.2, 0.25) is 0 Å². The molecular formula is C27H25N3O2. The molecule has 0 atom stereocenters. The van der Waals surface area contributed by atoms with Gasteiger partial charge in [-0.25, -0.2) is 9.79 Å². The zero-order valence-corrected chi connectivity index (χ0v) is 18.4. The van der Waals surface area contributed by atoms with Crippen molar-refractivity contribution in [3.05, 3.63) is 96.6 Å². The minimum Gasteiger partial charge on any atom is -0.465 e. The van der Waals surface area contributed by atoms with E-state index in [9.17, 15) is 4.79 Å². The van der Waals surface area contributed by atoms with Crippen LogP contribution in [0.4, 0.5) is 5.82 Å². The average Bonchev–Trinajstić information content (AvgIpc) is 3.19. The Balaban J connectivity index is 2.20. The maximum absolute atomic E-state index is 13.2. The fourth-order valence-electron chi connectivity index (χ4n) is 3.73. The van der Waals surface area contributed by atoms with Gasteiger partial charge < -0.3 is 9.64 Å². The van der Waals surface area contributed by atoms with Crippen LogP contribution in [0.15, 0.2) is 96.0 Å². The number of esters is 1. The quantitative estimate of drug-likeness (QED) is 0.223. The van der Waals surface area contributed by atoms with Crippen LogP contribution in [0.5, 0.6) is 0 Å². The van der Waals surface area contributed by atoms with Crippen molar-refractivity contribution in [3.8, 4) is 28.1 Å². The lowest BCUT2D eigenvalue weighted by Gasteiger charge is -2.14. The van der Waals surface area contributed by atoms with Gasteiger partial charge in [-0.2, -0.15) is 0 Å². The van der Waals surface area contributed by atoms with Gasteiger partial charge in [0.15, 0.2) is 5.82 Å². The predicted octanol–water partition coefficient (Wildman–Crippen LogP) is 5.82. The predicted molar refractivity (Wildman–Crippen MR) is 130 cm³/mol. The molecule has 0 bridgehead atoms. The van der Waals surface area contributed by atoms with Gasteiger partial charge >= 0.3 is 5.97 Å². The largest absolute Gasteiger partial charge is 0.465 e. The third kappa shape index (κ3) is 4.05. The van der Waals surface area contributed by atoms with Crippen LogP contribution >= 0.6 is 0 Å². The Morgan fingerprint density at radius 1 is 0.844 bits per heavy atom. The smallest absolute Gasteiger partial charge is 0.342 e. The lowest BCUT2D eigenvalue weighted by Crippen LogP contribution is -2.08. The first-order valence-corrected chi connectivity index (χ1v) is 10.4. The van der Waals surface area contributed by atoms with E-state index < -0.39 is 5.97 Å². The van der Waals surface area contributed by atoms with Crippen LogP contribution in [-0.2, 0) is 4.74 Å². The van der Waals surface area contributed by atoms with Crippen LogP contribution in [0.1, 0.15) is 10.4 Å². The van der Waals surface area contributed by atoms with E-state index in [0.717, 1.165) is 28.1 Å². The first kappa shape index (κ1) is 21.1. The van der Waals surface area contributed by atoms with Gasteiger partial charge in [-0.3, -0.25) is 4.57 Å². The lowest BCUT2D eigenvalue weighted by molar-refractivity contribution is 0.0602. The monoisotopic (exact) mass is 423 g/mol. The van der Waals surface area contributed by atoms with Gasteiger partial charge in [0.2, 0.25) is 0 Å². The fourth-order valence-corrected chi connectivity index (χ4v) is 3.73. The highest BCUT2D eigenvalue weighted by atomic mass is 16.5. The Bertz CT molecular complexity index is 1230. The molecule has 0 saturated carbocycles. The van der Waals surface area contributed by atoms with E-state index >= 15 is 0 Å². The number of nitrogens with zero attached hydrogens (tertiary/aromatic N) is 3. The minimum atomic E-state index is -0.429. The zero-order valence-electron chi connectivity index (χ0n) is 18.4. The molecular weight excluding hydrogens is 398 g/mol. The Morgan fingerprint density at radius 3 is 1.91 bits per heavy atom. The van der Waals surface area contributed by atoms with Crippen molar-refractivity contribution in [1.29, 1.82) is 0 Å². The van der Waals surface area contributed by atoms with Crippen molar-refractivity contribution in [2.75, 3.05) is 21.2 Å². The third-order valence-electron chi connectivity index (χ3n) is 5.07. The summed E-state index contributed by atoms with van der Waals surface area (Å²) in [5.41, 5.74) is 4.91.